The molecule has 12 heteroatoms. The smallest absolute Gasteiger partial charge is 0.320 e. The van der Waals surface area contributed by atoms with E-state index >= 15 is 0 Å². The molecule has 0 aliphatic carbocycles. The molecule has 2 aromatic heterocycles. The van der Waals surface area contributed by atoms with Gasteiger partial charge in [0.05, 0.1) is 31.7 Å². The van der Waals surface area contributed by atoms with Crippen molar-refractivity contribution in [3.8, 4) is 11.4 Å². The maximum atomic E-state index is 13.7. The van der Waals surface area contributed by atoms with Crippen LogP contribution in [0.15, 0.2) is 54.7 Å². The van der Waals surface area contributed by atoms with Gasteiger partial charge in [-0.2, -0.15) is 13.2 Å². The normalized spacial score (nSPS) is 16.2. The summed E-state index contributed by atoms with van der Waals surface area (Å²) in [5.41, 5.74) is 0.307. The van der Waals surface area contributed by atoms with Gasteiger partial charge in [-0.1, -0.05) is 52.5 Å². The van der Waals surface area contributed by atoms with E-state index in [2.05, 4.69) is 0 Å². The molecule has 186 valence electrons. The van der Waals surface area contributed by atoms with Gasteiger partial charge >= 0.3 is 6.18 Å². The van der Waals surface area contributed by atoms with E-state index in [1.165, 1.54) is 16.2 Å². The predicted octanol–water partition coefficient (Wildman–Crippen LogP) is 8.52. The predicted molar refractivity (Wildman–Crippen MR) is 138 cm³/mol. The van der Waals surface area contributed by atoms with Crippen LogP contribution in [0.5, 0.6) is 0 Å². The van der Waals surface area contributed by atoms with Gasteiger partial charge in [-0.15, -0.1) is 11.8 Å². The fraction of sp³-hybridized carbons (Fsp3) is 0.167. The first-order chi connectivity index (χ1) is 17.1. The Kier molecular flexibility index (Phi) is 6.85. The third-order valence-electron chi connectivity index (χ3n) is 5.71. The number of carbonyl (C=O) groups is 1. The summed E-state index contributed by atoms with van der Waals surface area (Å²) in [6.07, 6.45) is -3.74. The minimum Gasteiger partial charge on any atom is -0.320 e. The highest BCUT2D eigenvalue weighted by Gasteiger charge is 2.38. The number of halogens is 7. The molecule has 0 N–H and O–H groups in total. The van der Waals surface area contributed by atoms with Gasteiger partial charge in [0, 0.05) is 29.1 Å². The van der Waals surface area contributed by atoms with Crippen LogP contribution in [0.25, 0.3) is 16.9 Å². The van der Waals surface area contributed by atoms with Gasteiger partial charge in [0.25, 0.3) is 5.91 Å². The lowest BCUT2D eigenvalue weighted by Crippen LogP contribution is -2.30. The molecule has 5 rings (SSSR count). The van der Waals surface area contributed by atoms with Crippen molar-refractivity contribution in [2.75, 3.05) is 12.3 Å². The van der Waals surface area contributed by atoms with Crippen molar-refractivity contribution in [1.29, 1.82) is 0 Å². The Morgan fingerprint density at radius 2 is 1.67 bits per heavy atom. The molecule has 1 atom stereocenters. The lowest BCUT2D eigenvalue weighted by molar-refractivity contribution is -0.137. The number of amides is 1. The first-order valence-corrected chi connectivity index (χ1v) is 13.0. The Labute approximate surface area is 227 Å². The van der Waals surface area contributed by atoms with Crippen molar-refractivity contribution in [3.63, 3.8) is 0 Å². The molecular weight excluding hydrogens is 577 g/mol. The molecule has 4 aromatic rings. The van der Waals surface area contributed by atoms with Crippen LogP contribution in [-0.2, 0) is 6.18 Å². The van der Waals surface area contributed by atoms with Crippen molar-refractivity contribution >= 4 is 69.6 Å². The number of carbonyl (C=O) groups excluding carboxylic acids is 1. The molecule has 0 saturated carbocycles. The first kappa shape index (κ1) is 25.5. The number of fused-ring (bicyclic) bond motifs is 1. The van der Waals surface area contributed by atoms with Crippen LogP contribution < -0.4 is 0 Å². The van der Waals surface area contributed by atoms with E-state index in [1.807, 2.05) is 0 Å². The molecule has 3 heterocycles. The molecule has 36 heavy (non-hydrogen) atoms. The van der Waals surface area contributed by atoms with E-state index < -0.39 is 17.1 Å². The van der Waals surface area contributed by atoms with Crippen molar-refractivity contribution in [1.82, 2.24) is 14.3 Å². The summed E-state index contributed by atoms with van der Waals surface area (Å²) in [6.45, 7) is 0.413. The van der Waals surface area contributed by atoms with Gasteiger partial charge in [0.15, 0.2) is 0 Å². The number of imidazole rings is 1. The van der Waals surface area contributed by atoms with Gasteiger partial charge in [-0.05, 0) is 42.5 Å². The second kappa shape index (κ2) is 9.65. The summed E-state index contributed by atoms with van der Waals surface area (Å²) in [5, 5.41) is 0.151. The number of aromatic nitrogens is 2. The van der Waals surface area contributed by atoms with Crippen LogP contribution >= 0.6 is 58.2 Å². The number of rotatable bonds is 3. The van der Waals surface area contributed by atoms with Gasteiger partial charge in [-0.25, -0.2) is 4.98 Å². The summed E-state index contributed by atoms with van der Waals surface area (Å²) >= 11 is 26.6. The Bertz CT molecular complexity index is 1470. The number of thioether (sulfide) groups is 1. The molecule has 1 amide bonds. The summed E-state index contributed by atoms with van der Waals surface area (Å²) in [6, 6.07) is 12.1. The van der Waals surface area contributed by atoms with Crippen molar-refractivity contribution in [2.24, 2.45) is 0 Å². The Balaban J connectivity index is 1.72. The molecule has 0 unspecified atom stereocenters. The van der Waals surface area contributed by atoms with E-state index in [9.17, 15) is 18.0 Å². The lowest BCUT2D eigenvalue weighted by Gasteiger charge is -2.23. The average Bonchev–Trinajstić information content (AvgIpc) is 3.44. The number of nitrogens with zero attached hydrogens (tertiary/aromatic N) is 3. The van der Waals surface area contributed by atoms with Crippen LogP contribution in [0.3, 0.4) is 0 Å². The molecule has 1 aliphatic rings. The van der Waals surface area contributed by atoms with Crippen molar-refractivity contribution in [3.05, 3.63) is 91.6 Å². The van der Waals surface area contributed by atoms with Crippen LogP contribution in [-0.4, -0.2) is 32.5 Å². The molecule has 0 spiro atoms. The van der Waals surface area contributed by atoms with Crippen LogP contribution in [0.1, 0.15) is 27.0 Å². The molecule has 1 saturated heterocycles. The third kappa shape index (κ3) is 4.54. The van der Waals surface area contributed by atoms with Crippen LogP contribution in [0.4, 0.5) is 13.2 Å². The molecule has 0 bridgehead atoms. The number of alkyl halides is 3. The fourth-order valence-corrected chi connectivity index (χ4v) is 6.30. The lowest BCUT2D eigenvalue weighted by atomic mass is 10.2. The first-order valence-electron chi connectivity index (χ1n) is 10.5. The van der Waals surface area contributed by atoms with Gasteiger partial charge in [0.2, 0.25) is 0 Å². The zero-order valence-electron chi connectivity index (χ0n) is 18.0. The van der Waals surface area contributed by atoms with Crippen molar-refractivity contribution in [2.45, 2.75) is 11.6 Å². The van der Waals surface area contributed by atoms with E-state index in [0.29, 0.717) is 28.6 Å². The van der Waals surface area contributed by atoms with Crippen LogP contribution in [0, 0.1) is 0 Å². The van der Waals surface area contributed by atoms with Gasteiger partial charge in [0.1, 0.15) is 16.9 Å². The SMILES string of the molecule is O=C(c1ccc(Cl)cc1)N1CCS[C@@H]1c1nc(-c2c(Cl)cccc2Cl)n2cc(C(F)(F)F)cc(Cl)c12. The number of hydrogen-bond acceptors (Lipinski definition) is 3. The molecular formula is C24H14Cl4F3N3OS. The average molecular weight is 591 g/mol. The van der Waals surface area contributed by atoms with Gasteiger partial charge < -0.3 is 4.90 Å². The van der Waals surface area contributed by atoms with E-state index in [-0.39, 0.29) is 37.9 Å². The summed E-state index contributed by atoms with van der Waals surface area (Å²) < 4.78 is 42.3. The van der Waals surface area contributed by atoms with Gasteiger partial charge in [-0.3, -0.25) is 9.20 Å². The molecule has 0 radical (unpaired) electrons. The summed E-state index contributed by atoms with van der Waals surface area (Å²) in [5.74, 6) is 0.432. The Morgan fingerprint density at radius 3 is 2.31 bits per heavy atom. The van der Waals surface area contributed by atoms with Crippen LogP contribution in [0.2, 0.25) is 20.1 Å². The number of hydrogen-bond donors (Lipinski definition) is 0. The van der Waals surface area contributed by atoms with E-state index in [0.717, 1.165) is 12.3 Å². The largest absolute Gasteiger partial charge is 0.417 e. The standard InChI is InChI=1S/C24H14Cl4F3N3OS/c25-14-6-4-12(5-7-14)22(35)33-8-9-36-23(33)19-20-17(28)10-13(24(29,30)31)11-34(20)21(32-19)18-15(26)2-1-3-16(18)27/h1-7,10-11,23H,8-9H2/t23-/m1/s1. The summed E-state index contributed by atoms with van der Waals surface area (Å²) in [4.78, 5) is 19.7. The quantitative estimate of drug-likeness (QED) is 0.240. The Hall–Kier alpha value is -2.10. The zero-order chi connectivity index (χ0) is 25.8. The Morgan fingerprint density at radius 1 is 1.00 bits per heavy atom. The minimum absolute atomic E-state index is 0.0926. The maximum Gasteiger partial charge on any atom is 0.417 e. The molecule has 1 aliphatic heterocycles. The highest BCUT2D eigenvalue weighted by atomic mass is 35.5. The molecule has 4 nitrogen and oxygen atoms in total. The monoisotopic (exact) mass is 589 g/mol. The third-order valence-corrected chi connectivity index (χ3v) is 8.09. The maximum absolute atomic E-state index is 13.7. The molecule has 2 aromatic carbocycles. The second-order valence-corrected chi connectivity index (χ2v) is 10.8. The number of pyridine rings is 1. The fourth-order valence-electron chi connectivity index (χ4n) is 4.07. The van der Waals surface area contributed by atoms with E-state index in [4.69, 9.17) is 51.4 Å². The second-order valence-electron chi connectivity index (χ2n) is 7.94. The van der Waals surface area contributed by atoms with E-state index in [1.54, 1.807) is 47.4 Å². The summed E-state index contributed by atoms with van der Waals surface area (Å²) in [7, 11) is 0. The number of benzene rings is 2. The van der Waals surface area contributed by atoms with Crippen molar-refractivity contribution < 1.29 is 18.0 Å². The topological polar surface area (TPSA) is 37.6 Å². The zero-order valence-corrected chi connectivity index (χ0v) is 21.8. The minimum atomic E-state index is -4.65. The highest BCUT2D eigenvalue weighted by Crippen LogP contribution is 2.45. The highest BCUT2D eigenvalue weighted by molar-refractivity contribution is 7.99. The molecule has 1 fully saturated rings.